The van der Waals surface area contributed by atoms with E-state index in [1.807, 2.05) is 12.2 Å². The number of ketones is 2. The van der Waals surface area contributed by atoms with Crippen LogP contribution in [0.3, 0.4) is 0 Å². The molecule has 0 aromatic rings. The van der Waals surface area contributed by atoms with Crippen molar-refractivity contribution in [3.8, 4) is 0 Å². The molecule has 0 bridgehead atoms. The highest BCUT2D eigenvalue weighted by Gasteiger charge is 2.19. The van der Waals surface area contributed by atoms with Crippen molar-refractivity contribution in [1.82, 2.24) is 0 Å². The fraction of sp³-hybridized carbons (Fsp3) is 0.474. The lowest BCUT2D eigenvalue weighted by molar-refractivity contribution is -0.124. The van der Waals surface area contributed by atoms with Crippen LogP contribution in [0.1, 0.15) is 51.9 Å². The monoisotopic (exact) mass is 288 g/mol. The summed E-state index contributed by atoms with van der Waals surface area (Å²) in [6.07, 6.45) is 13.7. The van der Waals surface area contributed by atoms with Crippen molar-refractivity contribution >= 4 is 11.6 Å². The number of hydrogen-bond acceptors (Lipinski definition) is 2. The topological polar surface area (TPSA) is 34.1 Å². The van der Waals surface area contributed by atoms with Crippen LogP contribution in [0.15, 0.2) is 49.6 Å². The zero-order chi connectivity index (χ0) is 16.1. The van der Waals surface area contributed by atoms with E-state index in [-0.39, 0.29) is 5.78 Å². The lowest BCUT2D eigenvalue weighted by atomic mass is 9.86. The summed E-state index contributed by atoms with van der Waals surface area (Å²) >= 11 is 0. The summed E-state index contributed by atoms with van der Waals surface area (Å²) in [6.45, 7) is 12.4. The molecule has 0 spiro atoms. The normalized spacial score (nSPS) is 18.2. The third-order valence-corrected chi connectivity index (χ3v) is 3.49. The number of Topliss-reactive ketones (excluding diaryl/α,β-unsaturated/α-hetero) is 2. The van der Waals surface area contributed by atoms with Crippen molar-refractivity contribution in [2.45, 2.75) is 51.9 Å². The van der Waals surface area contributed by atoms with E-state index in [9.17, 15) is 9.59 Å². The number of allylic oxidation sites excluding steroid dienone is 5. The summed E-state index contributed by atoms with van der Waals surface area (Å²) < 4.78 is 0. The molecule has 2 heteroatoms. The number of carbonyl (C=O) groups excluding carboxylic acids is 2. The molecule has 21 heavy (non-hydrogen) atoms. The Kier molecular flexibility index (Phi) is 11.1. The van der Waals surface area contributed by atoms with Gasteiger partial charge in [0.2, 0.25) is 0 Å². The lowest BCUT2D eigenvalue weighted by Crippen LogP contribution is -2.17. The highest BCUT2D eigenvalue weighted by Crippen LogP contribution is 2.23. The first-order valence-corrected chi connectivity index (χ1v) is 7.62. The van der Waals surface area contributed by atoms with Gasteiger partial charge < -0.3 is 4.79 Å². The van der Waals surface area contributed by atoms with Gasteiger partial charge in [-0.25, -0.2) is 0 Å². The Balaban J connectivity index is 0.000000382. The molecule has 2 nitrogen and oxygen atoms in total. The number of rotatable bonds is 7. The highest BCUT2D eigenvalue weighted by molar-refractivity contribution is 5.81. The Hall–Kier alpha value is -1.70. The van der Waals surface area contributed by atoms with E-state index in [1.54, 1.807) is 19.1 Å². The summed E-state index contributed by atoms with van der Waals surface area (Å²) in [5, 5.41) is 0. The zero-order valence-electron chi connectivity index (χ0n) is 13.3. The molecule has 1 rings (SSSR count). The van der Waals surface area contributed by atoms with Gasteiger partial charge in [-0.2, -0.15) is 0 Å². The average molecular weight is 288 g/mol. The van der Waals surface area contributed by atoms with Crippen LogP contribution in [0, 0.1) is 5.92 Å². The van der Waals surface area contributed by atoms with E-state index in [1.165, 1.54) is 6.42 Å². The molecule has 1 atom stereocenters. The molecule has 1 aliphatic rings. The van der Waals surface area contributed by atoms with E-state index in [0.717, 1.165) is 37.7 Å². The van der Waals surface area contributed by atoms with E-state index in [4.69, 9.17) is 0 Å². The maximum Gasteiger partial charge on any atom is 0.136 e. The molecule has 116 valence electrons. The fourth-order valence-corrected chi connectivity index (χ4v) is 2.23. The SMILES string of the molecule is C=C/C=C(\C=C)CCC(C)=O.C=CCC1CCCCC1=O. The average Bonchev–Trinajstić information content (AvgIpc) is 2.46. The second-order valence-electron chi connectivity index (χ2n) is 5.32. The van der Waals surface area contributed by atoms with Crippen molar-refractivity contribution < 1.29 is 9.59 Å². The van der Waals surface area contributed by atoms with Crippen LogP contribution in [0.4, 0.5) is 0 Å². The molecule has 1 fully saturated rings. The summed E-state index contributed by atoms with van der Waals surface area (Å²) in [5.41, 5.74) is 1.07. The Morgan fingerprint density at radius 1 is 1.24 bits per heavy atom. The third kappa shape index (κ3) is 9.78. The minimum Gasteiger partial charge on any atom is -0.300 e. The molecule has 0 N–H and O–H groups in total. The van der Waals surface area contributed by atoms with Crippen LogP contribution >= 0.6 is 0 Å². The first-order chi connectivity index (χ1) is 10.0. The molecule has 1 unspecified atom stereocenters. The largest absolute Gasteiger partial charge is 0.300 e. The molecule has 0 radical (unpaired) electrons. The highest BCUT2D eigenvalue weighted by atomic mass is 16.1. The van der Waals surface area contributed by atoms with Gasteiger partial charge in [0.15, 0.2) is 0 Å². The quantitative estimate of drug-likeness (QED) is 0.489. The second-order valence-corrected chi connectivity index (χ2v) is 5.32. The first kappa shape index (κ1) is 19.3. The molecular weight excluding hydrogens is 260 g/mol. The Bertz CT molecular complexity index is 402. The van der Waals surface area contributed by atoms with Crippen LogP contribution in [-0.4, -0.2) is 11.6 Å². The minimum atomic E-state index is 0.210. The van der Waals surface area contributed by atoms with Crippen molar-refractivity contribution in [2.24, 2.45) is 5.92 Å². The van der Waals surface area contributed by atoms with Crippen LogP contribution in [-0.2, 0) is 9.59 Å². The van der Waals surface area contributed by atoms with Gasteiger partial charge in [0.1, 0.15) is 11.6 Å². The lowest BCUT2D eigenvalue weighted by Gasteiger charge is -2.18. The maximum absolute atomic E-state index is 11.1. The van der Waals surface area contributed by atoms with Gasteiger partial charge in [0, 0.05) is 18.8 Å². The van der Waals surface area contributed by atoms with E-state index < -0.39 is 0 Å². The van der Waals surface area contributed by atoms with Gasteiger partial charge in [-0.1, -0.05) is 43.9 Å². The fourth-order valence-electron chi connectivity index (χ4n) is 2.23. The first-order valence-electron chi connectivity index (χ1n) is 7.62. The van der Waals surface area contributed by atoms with Gasteiger partial charge in [0.25, 0.3) is 0 Å². The van der Waals surface area contributed by atoms with Crippen molar-refractivity contribution in [3.63, 3.8) is 0 Å². The second kappa shape index (κ2) is 12.1. The summed E-state index contributed by atoms with van der Waals surface area (Å²) in [4.78, 5) is 21.7. The van der Waals surface area contributed by atoms with Crippen molar-refractivity contribution in [3.05, 3.63) is 49.6 Å². The molecule has 0 aliphatic heterocycles. The number of hydrogen-bond donors (Lipinski definition) is 0. The van der Waals surface area contributed by atoms with Gasteiger partial charge in [-0.05, 0) is 38.2 Å². The molecule has 0 aromatic heterocycles. The van der Waals surface area contributed by atoms with Gasteiger partial charge in [-0.3, -0.25) is 4.79 Å². The van der Waals surface area contributed by atoms with Gasteiger partial charge in [0.05, 0.1) is 0 Å². The summed E-state index contributed by atoms with van der Waals surface area (Å²) in [6, 6.07) is 0. The predicted octanol–water partition coefficient (Wildman–Crippen LogP) is 4.98. The smallest absolute Gasteiger partial charge is 0.136 e. The van der Waals surface area contributed by atoms with Gasteiger partial charge >= 0.3 is 0 Å². The zero-order valence-corrected chi connectivity index (χ0v) is 13.3. The Morgan fingerprint density at radius 3 is 2.43 bits per heavy atom. The predicted molar refractivity (Wildman–Crippen MR) is 90.2 cm³/mol. The molecular formula is C19H28O2. The standard InChI is InChI=1S/C10H14O.C9H14O/c1-4-6-10(5-2)8-7-9(3)11;1-2-5-8-6-3-4-7-9(8)10/h4-6H,1-2,7-8H2,3H3;2,8H,1,3-7H2/b10-6+;. The molecule has 1 saturated carbocycles. The van der Waals surface area contributed by atoms with Crippen LogP contribution in [0.5, 0.6) is 0 Å². The Morgan fingerprint density at radius 2 is 1.95 bits per heavy atom. The van der Waals surface area contributed by atoms with Crippen molar-refractivity contribution in [2.75, 3.05) is 0 Å². The van der Waals surface area contributed by atoms with Crippen LogP contribution < -0.4 is 0 Å². The summed E-state index contributed by atoms with van der Waals surface area (Å²) in [7, 11) is 0. The van der Waals surface area contributed by atoms with Crippen LogP contribution in [0.25, 0.3) is 0 Å². The van der Waals surface area contributed by atoms with E-state index >= 15 is 0 Å². The molecule has 1 aliphatic carbocycles. The molecule has 0 saturated heterocycles. The molecule has 0 heterocycles. The maximum atomic E-state index is 11.1. The van der Waals surface area contributed by atoms with Crippen molar-refractivity contribution in [1.29, 1.82) is 0 Å². The van der Waals surface area contributed by atoms with E-state index in [0.29, 0.717) is 18.1 Å². The molecule has 0 aromatic carbocycles. The van der Waals surface area contributed by atoms with Crippen LogP contribution in [0.2, 0.25) is 0 Å². The minimum absolute atomic E-state index is 0.210. The third-order valence-electron chi connectivity index (χ3n) is 3.49. The van der Waals surface area contributed by atoms with Gasteiger partial charge in [-0.15, -0.1) is 6.58 Å². The summed E-state index contributed by atoms with van der Waals surface area (Å²) in [5.74, 6) is 0.971. The molecule has 0 amide bonds. The number of carbonyl (C=O) groups is 2. The Labute approximate surface area is 129 Å². The van der Waals surface area contributed by atoms with E-state index in [2.05, 4.69) is 19.7 Å².